The summed E-state index contributed by atoms with van der Waals surface area (Å²) in [4.78, 5) is 38.5. The van der Waals surface area contributed by atoms with E-state index in [2.05, 4.69) is 93.7 Å². The number of hydrogen-bond acceptors (Lipinski definition) is 6. The number of allylic oxidation sites excluding steroid dienone is 12. The molecule has 0 aliphatic carbocycles. The summed E-state index contributed by atoms with van der Waals surface area (Å²) < 4.78 is 17.0. The average molecular weight is 1120 g/mol. The van der Waals surface area contributed by atoms with Gasteiger partial charge in [0.1, 0.15) is 13.2 Å². The van der Waals surface area contributed by atoms with Gasteiger partial charge < -0.3 is 14.2 Å². The van der Waals surface area contributed by atoms with Crippen molar-refractivity contribution in [3.05, 3.63) is 72.9 Å². The van der Waals surface area contributed by atoms with E-state index < -0.39 is 6.10 Å². The maximum absolute atomic E-state index is 12.9. The monoisotopic (exact) mass is 1120 g/mol. The molecule has 0 heterocycles. The standard InChI is InChI=1S/C74H132O6/c1-4-7-10-13-16-19-22-25-28-31-33-34-35-36-37-38-39-40-41-44-46-49-52-55-58-61-64-67-73(76)79-70-71(69-78-72(75)66-63-60-57-54-51-48-45-42-30-27-24-21-18-15-12-9-6-3)80-74(77)68-65-62-59-56-53-50-47-43-32-29-26-23-20-17-14-11-8-5-2/h7,10,16,19,25,27-30,32-34,71H,4-6,8-9,11-15,17-18,20-24,26,31,35-70H2,1-3H3/b10-7-,19-16-,28-25-,30-27-,32-29-,34-33-. The van der Waals surface area contributed by atoms with Crippen LogP contribution in [0.4, 0.5) is 0 Å². The molecule has 464 valence electrons. The van der Waals surface area contributed by atoms with Crippen LogP contribution in [0.3, 0.4) is 0 Å². The Labute approximate surface area is 497 Å². The lowest BCUT2D eigenvalue weighted by Gasteiger charge is -2.18. The van der Waals surface area contributed by atoms with Crippen LogP contribution in [0.15, 0.2) is 72.9 Å². The van der Waals surface area contributed by atoms with Crippen molar-refractivity contribution in [2.45, 2.75) is 367 Å². The number of rotatable bonds is 64. The molecule has 0 aliphatic heterocycles. The molecule has 0 aromatic carbocycles. The lowest BCUT2D eigenvalue weighted by molar-refractivity contribution is -0.167. The minimum Gasteiger partial charge on any atom is -0.462 e. The molecule has 6 heteroatoms. The van der Waals surface area contributed by atoms with Gasteiger partial charge in [-0.25, -0.2) is 0 Å². The molecule has 1 atom stereocenters. The first-order valence-corrected chi connectivity index (χ1v) is 34.9. The average Bonchev–Trinajstić information content (AvgIpc) is 3.46. The minimum atomic E-state index is -0.780. The van der Waals surface area contributed by atoms with Crippen LogP contribution in [0.5, 0.6) is 0 Å². The second-order valence-corrected chi connectivity index (χ2v) is 23.4. The zero-order valence-electron chi connectivity index (χ0n) is 53.3. The van der Waals surface area contributed by atoms with Gasteiger partial charge in [-0.15, -0.1) is 0 Å². The fraction of sp³-hybridized carbons (Fsp3) is 0.797. The van der Waals surface area contributed by atoms with Crippen LogP contribution in [-0.2, 0) is 28.6 Å². The van der Waals surface area contributed by atoms with Crippen molar-refractivity contribution in [2.24, 2.45) is 0 Å². The maximum atomic E-state index is 12.9. The van der Waals surface area contributed by atoms with Crippen molar-refractivity contribution in [3.8, 4) is 0 Å². The van der Waals surface area contributed by atoms with Crippen LogP contribution < -0.4 is 0 Å². The third kappa shape index (κ3) is 65.7. The summed E-state index contributed by atoms with van der Waals surface area (Å²) >= 11 is 0. The molecule has 0 rings (SSSR count). The van der Waals surface area contributed by atoms with E-state index in [-0.39, 0.29) is 31.1 Å². The van der Waals surface area contributed by atoms with Crippen molar-refractivity contribution in [1.82, 2.24) is 0 Å². The first-order valence-electron chi connectivity index (χ1n) is 34.9. The molecule has 80 heavy (non-hydrogen) atoms. The van der Waals surface area contributed by atoms with Crippen molar-refractivity contribution >= 4 is 17.9 Å². The fourth-order valence-electron chi connectivity index (χ4n) is 10.2. The molecule has 0 bridgehead atoms. The van der Waals surface area contributed by atoms with Gasteiger partial charge in [0.25, 0.3) is 0 Å². The van der Waals surface area contributed by atoms with Crippen LogP contribution in [-0.4, -0.2) is 37.2 Å². The van der Waals surface area contributed by atoms with Gasteiger partial charge in [0.15, 0.2) is 6.10 Å². The van der Waals surface area contributed by atoms with E-state index in [9.17, 15) is 14.4 Å². The number of carbonyl (C=O) groups is 3. The molecular weight excluding hydrogens is 985 g/mol. The highest BCUT2D eigenvalue weighted by atomic mass is 16.6. The van der Waals surface area contributed by atoms with Crippen LogP contribution >= 0.6 is 0 Å². The SMILES string of the molecule is CC/C=C\C/C=C\C/C=C\C/C=C\CCCCCCCCCCCCCCCCC(=O)OCC(COC(=O)CCCCCCCCC/C=C\CCCCCCCC)OC(=O)CCCCCCCCC/C=C\CCCCCCCCC. The lowest BCUT2D eigenvalue weighted by atomic mass is 10.0. The molecule has 0 amide bonds. The Kier molecular flexibility index (Phi) is 65.7. The van der Waals surface area contributed by atoms with E-state index in [0.717, 1.165) is 83.5 Å². The number of ether oxygens (including phenoxy) is 3. The maximum Gasteiger partial charge on any atom is 0.306 e. The topological polar surface area (TPSA) is 78.9 Å². The quantitative estimate of drug-likeness (QED) is 0.0261. The second-order valence-electron chi connectivity index (χ2n) is 23.4. The summed E-state index contributed by atoms with van der Waals surface area (Å²) in [5.41, 5.74) is 0. The van der Waals surface area contributed by atoms with Crippen molar-refractivity contribution in [2.75, 3.05) is 13.2 Å². The van der Waals surface area contributed by atoms with E-state index in [1.807, 2.05) is 0 Å². The molecule has 0 saturated carbocycles. The minimum absolute atomic E-state index is 0.0756. The Morgan fingerprint density at radius 2 is 0.487 bits per heavy atom. The Bertz CT molecular complexity index is 1470. The van der Waals surface area contributed by atoms with Crippen LogP contribution in [0, 0.1) is 0 Å². The third-order valence-electron chi connectivity index (χ3n) is 15.4. The first-order chi connectivity index (χ1) is 39.5. The van der Waals surface area contributed by atoms with Gasteiger partial charge in [-0.3, -0.25) is 14.4 Å². The van der Waals surface area contributed by atoms with E-state index in [1.165, 1.54) is 238 Å². The third-order valence-corrected chi connectivity index (χ3v) is 15.4. The summed E-state index contributed by atoms with van der Waals surface area (Å²) in [5.74, 6) is -0.864. The van der Waals surface area contributed by atoms with Gasteiger partial charge >= 0.3 is 17.9 Å². The number of hydrogen-bond donors (Lipinski definition) is 0. The molecule has 1 unspecified atom stereocenters. The molecule has 6 nitrogen and oxygen atoms in total. The van der Waals surface area contributed by atoms with Gasteiger partial charge in [0.05, 0.1) is 0 Å². The number of esters is 3. The fourth-order valence-corrected chi connectivity index (χ4v) is 10.2. The van der Waals surface area contributed by atoms with E-state index in [4.69, 9.17) is 14.2 Å². The van der Waals surface area contributed by atoms with Gasteiger partial charge in [0.2, 0.25) is 0 Å². The molecule has 0 N–H and O–H groups in total. The van der Waals surface area contributed by atoms with Crippen molar-refractivity contribution < 1.29 is 28.6 Å². The normalized spacial score (nSPS) is 12.5. The molecule has 0 aromatic heterocycles. The Hall–Kier alpha value is -3.15. The summed E-state index contributed by atoms with van der Waals surface area (Å²) in [6.07, 6.45) is 89.2. The zero-order valence-corrected chi connectivity index (χ0v) is 53.3. The Morgan fingerprint density at radius 3 is 0.775 bits per heavy atom. The van der Waals surface area contributed by atoms with E-state index in [0.29, 0.717) is 19.3 Å². The van der Waals surface area contributed by atoms with E-state index in [1.54, 1.807) is 0 Å². The van der Waals surface area contributed by atoms with Crippen molar-refractivity contribution in [3.63, 3.8) is 0 Å². The lowest BCUT2D eigenvalue weighted by Crippen LogP contribution is -2.30. The number of carbonyl (C=O) groups excluding carboxylic acids is 3. The van der Waals surface area contributed by atoms with Gasteiger partial charge in [-0.05, 0) is 109 Å². The highest BCUT2D eigenvalue weighted by Gasteiger charge is 2.19. The molecule has 0 aliphatic rings. The highest BCUT2D eigenvalue weighted by molar-refractivity contribution is 5.71. The van der Waals surface area contributed by atoms with Crippen LogP contribution in [0.2, 0.25) is 0 Å². The highest BCUT2D eigenvalue weighted by Crippen LogP contribution is 2.17. The predicted molar refractivity (Wildman–Crippen MR) is 348 cm³/mol. The zero-order chi connectivity index (χ0) is 57.8. The van der Waals surface area contributed by atoms with Gasteiger partial charge in [0, 0.05) is 19.3 Å². The van der Waals surface area contributed by atoms with E-state index >= 15 is 0 Å². The van der Waals surface area contributed by atoms with Gasteiger partial charge in [-0.2, -0.15) is 0 Å². The number of unbranched alkanes of at least 4 members (excludes halogenated alkanes) is 41. The Morgan fingerprint density at radius 1 is 0.263 bits per heavy atom. The summed E-state index contributed by atoms with van der Waals surface area (Å²) in [6.45, 7) is 6.57. The molecule has 0 radical (unpaired) electrons. The molecule has 0 fully saturated rings. The molecule has 0 aromatic rings. The molecule has 0 spiro atoms. The largest absolute Gasteiger partial charge is 0.462 e. The predicted octanol–water partition coefficient (Wildman–Crippen LogP) is 24.1. The summed E-state index contributed by atoms with van der Waals surface area (Å²) in [6, 6.07) is 0. The smallest absolute Gasteiger partial charge is 0.306 e. The molecular formula is C74H132O6. The van der Waals surface area contributed by atoms with Crippen LogP contribution in [0.25, 0.3) is 0 Å². The first kappa shape index (κ1) is 76.9. The van der Waals surface area contributed by atoms with Crippen molar-refractivity contribution in [1.29, 1.82) is 0 Å². The summed E-state index contributed by atoms with van der Waals surface area (Å²) in [7, 11) is 0. The van der Waals surface area contributed by atoms with Gasteiger partial charge in [-0.1, -0.05) is 306 Å². The summed E-state index contributed by atoms with van der Waals surface area (Å²) in [5, 5.41) is 0. The molecule has 0 saturated heterocycles. The van der Waals surface area contributed by atoms with Crippen LogP contribution in [0.1, 0.15) is 361 Å². The second kappa shape index (κ2) is 68.3. The Balaban J connectivity index is 4.30.